The fraction of sp³-hybridized carbons (Fsp3) is 0.625. The molecule has 2 heteroatoms. The first-order valence-corrected chi connectivity index (χ1v) is 7.22. The molecule has 0 radical (unpaired) electrons. The van der Waals surface area contributed by atoms with Crippen LogP contribution in [0.1, 0.15) is 31.7 Å². The topological polar surface area (TPSA) is 15.3 Å². The Morgan fingerprint density at radius 1 is 1.22 bits per heavy atom. The fourth-order valence-corrected chi connectivity index (χ4v) is 2.84. The highest BCUT2D eigenvalue weighted by Gasteiger charge is 2.16. The largest absolute Gasteiger partial charge is 0.311 e. The molecule has 0 aromatic heterocycles. The first-order chi connectivity index (χ1) is 8.74. The number of nitrogens with one attached hydrogen (secondary N) is 1. The van der Waals surface area contributed by atoms with Gasteiger partial charge in [-0.25, -0.2) is 0 Å². The molecule has 1 aliphatic heterocycles. The SMILES string of the molecule is CC(Cc1ccccc1)NC1CCCN(C)CC1. The highest BCUT2D eigenvalue weighted by molar-refractivity contribution is 5.15. The Bertz CT molecular complexity index is 336. The van der Waals surface area contributed by atoms with Gasteiger partial charge in [-0.15, -0.1) is 0 Å². The van der Waals surface area contributed by atoms with Crippen LogP contribution in [0.15, 0.2) is 30.3 Å². The van der Waals surface area contributed by atoms with Gasteiger partial charge in [-0.2, -0.15) is 0 Å². The molecule has 1 aliphatic rings. The van der Waals surface area contributed by atoms with Crippen molar-refractivity contribution in [3.8, 4) is 0 Å². The Labute approximate surface area is 111 Å². The normalized spacial score (nSPS) is 23.6. The van der Waals surface area contributed by atoms with Crippen LogP contribution in [-0.4, -0.2) is 37.1 Å². The quantitative estimate of drug-likeness (QED) is 0.878. The summed E-state index contributed by atoms with van der Waals surface area (Å²) >= 11 is 0. The van der Waals surface area contributed by atoms with E-state index in [1.807, 2.05) is 0 Å². The number of likely N-dealkylation sites (tertiary alicyclic amines) is 1. The van der Waals surface area contributed by atoms with Crippen molar-refractivity contribution in [2.75, 3.05) is 20.1 Å². The highest BCUT2D eigenvalue weighted by Crippen LogP contribution is 2.11. The summed E-state index contributed by atoms with van der Waals surface area (Å²) < 4.78 is 0. The van der Waals surface area contributed by atoms with Gasteiger partial charge in [0.2, 0.25) is 0 Å². The lowest BCUT2D eigenvalue weighted by molar-refractivity contribution is 0.339. The Morgan fingerprint density at radius 2 is 2.00 bits per heavy atom. The van der Waals surface area contributed by atoms with Crippen molar-refractivity contribution in [1.29, 1.82) is 0 Å². The first-order valence-electron chi connectivity index (χ1n) is 7.22. The minimum atomic E-state index is 0.570. The maximum absolute atomic E-state index is 3.80. The molecular weight excluding hydrogens is 220 g/mol. The fourth-order valence-electron chi connectivity index (χ4n) is 2.84. The third-order valence-corrected chi connectivity index (χ3v) is 3.86. The van der Waals surface area contributed by atoms with Crippen molar-refractivity contribution in [1.82, 2.24) is 10.2 Å². The number of rotatable bonds is 4. The molecule has 0 amide bonds. The van der Waals surface area contributed by atoms with Gasteiger partial charge in [0, 0.05) is 12.1 Å². The minimum absolute atomic E-state index is 0.570. The number of benzene rings is 1. The van der Waals surface area contributed by atoms with E-state index in [-0.39, 0.29) is 0 Å². The van der Waals surface area contributed by atoms with Crippen LogP contribution >= 0.6 is 0 Å². The van der Waals surface area contributed by atoms with Gasteiger partial charge < -0.3 is 10.2 Å². The predicted molar refractivity (Wildman–Crippen MR) is 77.9 cm³/mol. The third-order valence-electron chi connectivity index (χ3n) is 3.86. The summed E-state index contributed by atoms with van der Waals surface area (Å²) in [5.74, 6) is 0. The summed E-state index contributed by atoms with van der Waals surface area (Å²) in [6.45, 7) is 4.79. The molecule has 2 nitrogen and oxygen atoms in total. The molecular formula is C16H26N2. The third kappa shape index (κ3) is 4.43. The Kier molecular flexibility index (Phi) is 5.21. The summed E-state index contributed by atoms with van der Waals surface area (Å²) in [7, 11) is 2.23. The molecule has 1 N–H and O–H groups in total. The summed E-state index contributed by atoms with van der Waals surface area (Å²) in [6, 6.07) is 12.1. The molecule has 1 aromatic rings. The first kappa shape index (κ1) is 13.6. The molecule has 1 heterocycles. The zero-order valence-electron chi connectivity index (χ0n) is 11.7. The van der Waals surface area contributed by atoms with Gasteiger partial charge in [-0.3, -0.25) is 0 Å². The van der Waals surface area contributed by atoms with Crippen molar-refractivity contribution < 1.29 is 0 Å². The lowest BCUT2D eigenvalue weighted by atomic mass is 10.0. The van der Waals surface area contributed by atoms with Crippen LogP contribution in [0, 0.1) is 0 Å². The van der Waals surface area contributed by atoms with Crippen molar-refractivity contribution >= 4 is 0 Å². The van der Waals surface area contributed by atoms with Crippen LogP contribution < -0.4 is 5.32 Å². The van der Waals surface area contributed by atoms with Gasteiger partial charge in [-0.1, -0.05) is 30.3 Å². The van der Waals surface area contributed by atoms with Gasteiger partial charge in [0.15, 0.2) is 0 Å². The minimum Gasteiger partial charge on any atom is -0.311 e. The predicted octanol–water partition coefficient (Wildman–Crippen LogP) is 2.69. The van der Waals surface area contributed by atoms with Crippen LogP contribution in [0.2, 0.25) is 0 Å². The van der Waals surface area contributed by atoms with E-state index in [1.165, 1.54) is 37.9 Å². The summed E-state index contributed by atoms with van der Waals surface area (Å²) in [5, 5.41) is 3.80. The smallest absolute Gasteiger partial charge is 0.00823 e. The van der Waals surface area contributed by atoms with Crippen molar-refractivity contribution in [2.45, 2.75) is 44.7 Å². The number of hydrogen-bond donors (Lipinski definition) is 1. The van der Waals surface area contributed by atoms with E-state index in [4.69, 9.17) is 0 Å². The lowest BCUT2D eigenvalue weighted by Crippen LogP contribution is -2.38. The molecule has 1 saturated heterocycles. The van der Waals surface area contributed by atoms with Crippen LogP contribution in [0.4, 0.5) is 0 Å². The Balaban J connectivity index is 1.78. The van der Waals surface area contributed by atoms with E-state index in [2.05, 4.69) is 54.5 Å². The van der Waals surface area contributed by atoms with E-state index in [9.17, 15) is 0 Å². The number of nitrogens with zero attached hydrogens (tertiary/aromatic N) is 1. The standard InChI is InChI=1S/C16H26N2/c1-14(13-15-7-4-3-5-8-15)17-16-9-6-11-18(2)12-10-16/h3-5,7-8,14,16-17H,6,9-13H2,1-2H3. The summed E-state index contributed by atoms with van der Waals surface area (Å²) in [4.78, 5) is 2.45. The maximum atomic E-state index is 3.80. The van der Waals surface area contributed by atoms with Crippen LogP contribution in [-0.2, 0) is 6.42 Å². The molecule has 100 valence electrons. The van der Waals surface area contributed by atoms with Crippen LogP contribution in [0.25, 0.3) is 0 Å². The van der Waals surface area contributed by atoms with Gasteiger partial charge in [-0.05, 0) is 58.3 Å². The zero-order chi connectivity index (χ0) is 12.8. The second-order valence-corrected chi connectivity index (χ2v) is 5.69. The van der Waals surface area contributed by atoms with E-state index in [1.54, 1.807) is 0 Å². The molecule has 0 spiro atoms. The van der Waals surface area contributed by atoms with E-state index < -0.39 is 0 Å². The molecule has 18 heavy (non-hydrogen) atoms. The van der Waals surface area contributed by atoms with Gasteiger partial charge in [0.05, 0.1) is 0 Å². The molecule has 0 saturated carbocycles. The monoisotopic (exact) mass is 246 g/mol. The zero-order valence-corrected chi connectivity index (χ0v) is 11.7. The Morgan fingerprint density at radius 3 is 2.78 bits per heavy atom. The molecule has 1 aromatic carbocycles. The van der Waals surface area contributed by atoms with Gasteiger partial charge >= 0.3 is 0 Å². The molecule has 2 unspecified atom stereocenters. The van der Waals surface area contributed by atoms with Gasteiger partial charge in [0.25, 0.3) is 0 Å². The van der Waals surface area contributed by atoms with Crippen molar-refractivity contribution in [3.05, 3.63) is 35.9 Å². The average molecular weight is 246 g/mol. The Hall–Kier alpha value is -0.860. The van der Waals surface area contributed by atoms with Crippen LogP contribution in [0.3, 0.4) is 0 Å². The van der Waals surface area contributed by atoms with Crippen LogP contribution in [0.5, 0.6) is 0 Å². The maximum Gasteiger partial charge on any atom is 0.00823 e. The molecule has 2 atom stereocenters. The number of hydrogen-bond acceptors (Lipinski definition) is 2. The molecule has 0 aliphatic carbocycles. The summed E-state index contributed by atoms with van der Waals surface area (Å²) in [6.07, 6.45) is 5.07. The second-order valence-electron chi connectivity index (χ2n) is 5.69. The molecule has 1 fully saturated rings. The van der Waals surface area contributed by atoms with Crippen molar-refractivity contribution in [2.24, 2.45) is 0 Å². The average Bonchev–Trinajstić information content (AvgIpc) is 2.56. The second kappa shape index (κ2) is 6.91. The lowest BCUT2D eigenvalue weighted by Gasteiger charge is -2.22. The van der Waals surface area contributed by atoms with Crippen molar-refractivity contribution in [3.63, 3.8) is 0 Å². The highest BCUT2D eigenvalue weighted by atomic mass is 15.1. The van der Waals surface area contributed by atoms with E-state index in [0.29, 0.717) is 12.1 Å². The summed E-state index contributed by atoms with van der Waals surface area (Å²) in [5.41, 5.74) is 1.43. The molecule has 2 rings (SSSR count). The van der Waals surface area contributed by atoms with Gasteiger partial charge in [0.1, 0.15) is 0 Å². The van der Waals surface area contributed by atoms with E-state index in [0.717, 1.165) is 6.42 Å². The molecule has 0 bridgehead atoms. The van der Waals surface area contributed by atoms with E-state index >= 15 is 0 Å².